The summed E-state index contributed by atoms with van der Waals surface area (Å²) in [5.41, 5.74) is 5.08. The molecule has 0 aliphatic rings. The molecule has 0 aliphatic carbocycles. The molecule has 0 aliphatic heterocycles. The molecule has 0 N–H and O–H groups in total. The monoisotopic (exact) mass is 413 g/mol. The highest BCUT2D eigenvalue weighted by molar-refractivity contribution is 6.32. The molecule has 3 nitrogen and oxygen atoms in total. The lowest BCUT2D eigenvalue weighted by atomic mass is 10.1. The molecule has 0 fully saturated rings. The van der Waals surface area contributed by atoms with Crippen molar-refractivity contribution in [2.75, 3.05) is 7.11 Å². The molecule has 0 amide bonds. The summed E-state index contributed by atoms with van der Waals surface area (Å²) in [6.45, 7) is 4.47. The van der Waals surface area contributed by atoms with Crippen molar-refractivity contribution in [2.45, 2.75) is 20.5 Å². The Morgan fingerprint density at radius 3 is 2.39 bits per heavy atom. The molecule has 3 rings (SSSR count). The molecule has 3 aromatic rings. The van der Waals surface area contributed by atoms with Crippen molar-refractivity contribution in [3.05, 3.63) is 86.9 Å². The average Bonchev–Trinajstić information content (AvgIpc) is 2.67. The predicted octanol–water partition coefficient (Wildman–Crippen LogP) is 6.95. The quantitative estimate of drug-likeness (QED) is 0.409. The number of aryl methyl sites for hydroxylation is 2. The summed E-state index contributed by atoms with van der Waals surface area (Å²) < 4.78 is 11.4. The molecular weight excluding hydrogens is 393 g/mol. The summed E-state index contributed by atoms with van der Waals surface area (Å²) in [5.74, 6) is 1.06. The average molecular weight is 414 g/mol. The van der Waals surface area contributed by atoms with Crippen LogP contribution in [0.15, 0.2) is 59.6 Å². The zero-order chi connectivity index (χ0) is 20.1. The van der Waals surface area contributed by atoms with Crippen molar-refractivity contribution in [3.8, 4) is 11.5 Å². The van der Waals surface area contributed by atoms with E-state index in [1.165, 1.54) is 5.56 Å². The summed E-state index contributed by atoms with van der Waals surface area (Å²) in [5, 5.41) is 1.15. The molecule has 0 saturated heterocycles. The van der Waals surface area contributed by atoms with Crippen molar-refractivity contribution in [1.29, 1.82) is 0 Å². The van der Waals surface area contributed by atoms with Gasteiger partial charge in [0.25, 0.3) is 0 Å². The number of aliphatic imine (C=N–C) groups is 1. The van der Waals surface area contributed by atoms with Gasteiger partial charge in [0.05, 0.1) is 17.8 Å². The van der Waals surface area contributed by atoms with E-state index < -0.39 is 0 Å². The van der Waals surface area contributed by atoms with Crippen LogP contribution in [0.5, 0.6) is 11.5 Å². The third-order valence-electron chi connectivity index (χ3n) is 4.25. The zero-order valence-electron chi connectivity index (χ0n) is 16.0. The van der Waals surface area contributed by atoms with Crippen LogP contribution < -0.4 is 9.47 Å². The third-order valence-corrected chi connectivity index (χ3v) is 4.79. The van der Waals surface area contributed by atoms with Gasteiger partial charge in [-0.25, -0.2) is 0 Å². The van der Waals surface area contributed by atoms with Crippen molar-refractivity contribution < 1.29 is 9.47 Å². The van der Waals surface area contributed by atoms with Gasteiger partial charge in [-0.15, -0.1) is 0 Å². The van der Waals surface area contributed by atoms with Crippen molar-refractivity contribution in [2.24, 2.45) is 4.99 Å². The Bertz CT molecular complexity index is 998. The van der Waals surface area contributed by atoms with Gasteiger partial charge in [0, 0.05) is 11.2 Å². The van der Waals surface area contributed by atoms with Crippen LogP contribution in [0.3, 0.4) is 0 Å². The molecule has 0 atom stereocenters. The van der Waals surface area contributed by atoms with Gasteiger partial charge in [0.15, 0.2) is 11.5 Å². The zero-order valence-corrected chi connectivity index (χ0v) is 17.5. The number of rotatable bonds is 6. The van der Waals surface area contributed by atoms with Crippen LogP contribution in [0, 0.1) is 13.8 Å². The van der Waals surface area contributed by atoms with Crippen LogP contribution in [0.2, 0.25) is 10.0 Å². The van der Waals surface area contributed by atoms with Crippen molar-refractivity contribution >= 4 is 35.1 Å². The van der Waals surface area contributed by atoms with Gasteiger partial charge in [0.1, 0.15) is 6.61 Å². The number of nitrogens with zero attached hydrogens (tertiary/aromatic N) is 1. The lowest BCUT2D eigenvalue weighted by molar-refractivity contribution is 0.284. The number of methoxy groups -OCH3 is 1. The normalized spacial score (nSPS) is 11.0. The van der Waals surface area contributed by atoms with E-state index in [4.69, 9.17) is 32.7 Å². The van der Waals surface area contributed by atoms with Gasteiger partial charge in [-0.1, -0.05) is 53.0 Å². The van der Waals surface area contributed by atoms with Crippen LogP contribution in [-0.2, 0) is 6.61 Å². The van der Waals surface area contributed by atoms with Gasteiger partial charge in [0.2, 0.25) is 0 Å². The first kappa shape index (κ1) is 20.2. The van der Waals surface area contributed by atoms with Crippen LogP contribution in [-0.4, -0.2) is 13.3 Å². The summed E-state index contributed by atoms with van der Waals surface area (Å²) in [7, 11) is 1.59. The molecule has 0 heterocycles. The smallest absolute Gasteiger partial charge is 0.180 e. The molecule has 0 saturated carbocycles. The first-order chi connectivity index (χ1) is 13.5. The number of benzene rings is 3. The molecule has 144 valence electrons. The molecular formula is C23H21Cl2NO2. The Morgan fingerprint density at radius 1 is 0.964 bits per heavy atom. The molecule has 3 aromatic carbocycles. The number of ether oxygens (including phenoxy) is 2. The Balaban J connectivity index is 1.80. The maximum absolute atomic E-state index is 6.45. The van der Waals surface area contributed by atoms with Crippen molar-refractivity contribution in [3.63, 3.8) is 0 Å². The van der Waals surface area contributed by atoms with E-state index in [1.54, 1.807) is 13.3 Å². The standard InChI is InChI=1S/C23H21Cl2NO2/c1-15-4-9-21(16(2)10-15)26-13-18-11-20(25)23(22(12-18)27-3)28-14-17-5-7-19(24)8-6-17/h4-13H,14H2,1-3H3. The molecule has 5 heteroatoms. The highest BCUT2D eigenvalue weighted by atomic mass is 35.5. The van der Waals surface area contributed by atoms with E-state index in [0.717, 1.165) is 22.4 Å². The van der Waals surface area contributed by atoms with E-state index in [9.17, 15) is 0 Å². The topological polar surface area (TPSA) is 30.8 Å². The van der Waals surface area contributed by atoms with Crippen LogP contribution in [0.1, 0.15) is 22.3 Å². The fourth-order valence-electron chi connectivity index (χ4n) is 2.78. The maximum Gasteiger partial charge on any atom is 0.180 e. The number of halogens is 2. The molecule has 0 aromatic heterocycles. The second-order valence-electron chi connectivity index (χ2n) is 6.50. The number of hydrogen-bond donors (Lipinski definition) is 0. The minimum absolute atomic E-state index is 0.364. The molecule has 28 heavy (non-hydrogen) atoms. The van der Waals surface area contributed by atoms with E-state index in [2.05, 4.69) is 18.0 Å². The molecule has 0 bridgehead atoms. The Morgan fingerprint density at radius 2 is 1.71 bits per heavy atom. The van der Waals surface area contributed by atoms with E-state index in [1.807, 2.05) is 55.5 Å². The summed E-state index contributed by atoms with van der Waals surface area (Å²) in [6.07, 6.45) is 1.77. The van der Waals surface area contributed by atoms with Gasteiger partial charge in [-0.2, -0.15) is 0 Å². The van der Waals surface area contributed by atoms with Gasteiger partial charge >= 0.3 is 0 Å². The van der Waals surface area contributed by atoms with Gasteiger partial charge in [-0.3, -0.25) is 4.99 Å². The predicted molar refractivity (Wildman–Crippen MR) is 117 cm³/mol. The minimum atomic E-state index is 0.364. The van der Waals surface area contributed by atoms with E-state index in [0.29, 0.717) is 28.2 Å². The summed E-state index contributed by atoms with van der Waals surface area (Å²) in [6, 6.07) is 17.3. The second-order valence-corrected chi connectivity index (χ2v) is 7.34. The lowest BCUT2D eigenvalue weighted by Gasteiger charge is -2.13. The fourth-order valence-corrected chi connectivity index (χ4v) is 3.18. The Labute approximate surface area is 175 Å². The van der Waals surface area contributed by atoms with E-state index >= 15 is 0 Å². The molecule has 0 radical (unpaired) electrons. The maximum atomic E-state index is 6.45. The summed E-state index contributed by atoms with van der Waals surface area (Å²) in [4.78, 5) is 4.57. The third kappa shape index (κ3) is 5.06. The fraction of sp³-hybridized carbons (Fsp3) is 0.174. The Kier molecular flexibility index (Phi) is 6.61. The second kappa shape index (κ2) is 9.13. The molecule has 0 unspecified atom stereocenters. The van der Waals surface area contributed by atoms with Crippen LogP contribution in [0.4, 0.5) is 5.69 Å². The van der Waals surface area contributed by atoms with E-state index in [-0.39, 0.29) is 0 Å². The highest BCUT2D eigenvalue weighted by Crippen LogP contribution is 2.37. The minimum Gasteiger partial charge on any atom is -0.493 e. The van der Waals surface area contributed by atoms with Crippen LogP contribution >= 0.6 is 23.2 Å². The largest absolute Gasteiger partial charge is 0.493 e. The highest BCUT2D eigenvalue weighted by Gasteiger charge is 2.12. The molecule has 0 spiro atoms. The lowest BCUT2D eigenvalue weighted by Crippen LogP contribution is -1.99. The first-order valence-corrected chi connectivity index (χ1v) is 9.58. The van der Waals surface area contributed by atoms with Crippen molar-refractivity contribution in [1.82, 2.24) is 0 Å². The number of hydrogen-bond acceptors (Lipinski definition) is 3. The summed E-state index contributed by atoms with van der Waals surface area (Å²) >= 11 is 12.4. The van der Waals surface area contributed by atoms with Gasteiger partial charge in [-0.05, 0) is 60.9 Å². The first-order valence-electron chi connectivity index (χ1n) is 8.82. The van der Waals surface area contributed by atoms with Gasteiger partial charge < -0.3 is 9.47 Å². The Hall–Kier alpha value is -2.49. The SMILES string of the molecule is COc1cc(C=Nc2ccc(C)cc2C)cc(Cl)c1OCc1ccc(Cl)cc1. The van der Waals surface area contributed by atoms with Crippen LogP contribution in [0.25, 0.3) is 0 Å².